The molecule has 1 aliphatic heterocycles. The molecule has 2 fully saturated rings. The van der Waals surface area contributed by atoms with Crippen molar-refractivity contribution in [3.8, 4) is 0 Å². The summed E-state index contributed by atoms with van der Waals surface area (Å²) in [5.74, 6) is 0.457. The van der Waals surface area contributed by atoms with E-state index in [0.29, 0.717) is 13.0 Å². The zero-order chi connectivity index (χ0) is 11.6. The van der Waals surface area contributed by atoms with E-state index in [4.69, 9.17) is 10.5 Å². The molecule has 0 spiro atoms. The molecule has 0 radical (unpaired) electrons. The van der Waals surface area contributed by atoms with E-state index in [1.165, 1.54) is 19.3 Å². The Balaban J connectivity index is 1.79. The quantitative estimate of drug-likeness (QED) is 0.803. The third kappa shape index (κ3) is 3.18. The van der Waals surface area contributed by atoms with Gasteiger partial charge < -0.3 is 10.5 Å². The highest BCUT2D eigenvalue weighted by atomic mass is 32.2. The van der Waals surface area contributed by atoms with Crippen LogP contribution in [0.3, 0.4) is 0 Å². The molecule has 0 aromatic heterocycles. The molecule has 1 atom stereocenters. The SMILES string of the molecule is NC1(COC2CCS(=O)(=O)C2)CCCCC1. The van der Waals surface area contributed by atoms with Crippen LogP contribution in [0.4, 0.5) is 0 Å². The van der Waals surface area contributed by atoms with Crippen molar-refractivity contribution in [1.29, 1.82) is 0 Å². The zero-order valence-electron chi connectivity index (χ0n) is 9.65. The number of nitrogens with two attached hydrogens (primary N) is 1. The Bertz CT molecular complexity index is 333. The van der Waals surface area contributed by atoms with E-state index in [1.54, 1.807) is 0 Å². The fourth-order valence-corrected chi connectivity index (χ4v) is 4.19. The Morgan fingerprint density at radius 3 is 2.50 bits per heavy atom. The van der Waals surface area contributed by atoms with Gasteiger partial charge in [-0.2, -0.15) is 0 Å². The number of hydrogen-bond donors (Lipinski definition) is 1. The van der Waals surface area contributed by atoms with E-state index in [1.807, 2.05) is 0 Å². The lowest BCUT2D eigenvalue weighted by molar-refractivity contribution is 0.0226. The Labute approximate surface area is 97.5 Å². The van der Waals surface area contributed by atoms with Gasteiger partial charge in [-0.3, -0.25) is 0 Å². The summed E-state index contributed by atoms with van der Waals surface area (Å²) >= 11 is 0. The maximum absolute atomic E-state index is 11.3. The monoisotopic (exact) mass is 247 g/mol. The first-order valence-corrected chi connectivity index (χ1v) is 7.92. The maximum atomic E-state index is 11.3. The molecule has 94 valence electrons. The predicted molar refractivity (Wildman–Crippen MR) is 63.0 cm³/mol. The Hall–Kier alpha value is -0.130. The summed E-state index contributed by atoms with van der Waals surface area (Å²) in [6.07, 6.45) is 6.13. The Morgan fingerprint density at radius 1 is 1.25 bits per heavy atom. The molecule has 0 amide bonds. The van der Waals surface area contributed by atoms with E-state index in [0.717, 1.165) is 12.8 Å². The topological polar surface area (TPSA) is 69.4 Å². The van der Waals surface area contributed by atoms with Gasteiger partial charge in [0.2, 0.25) is 0 Å². The van der Waals surface area contributed by atoms with Crippen LogP contribution in [-0.4, -0.2) is 38.2 Å². The van der Waals surface area contributed by atoms with Gasteiger partial charge >= 0.3 is 0 Å². The largest absolute Gasteiger partial charge is 0.375 e. The van der Waals surface area contributed by atoms with Crippen LogP contribution in [0.25, 0.3) is 0 Å². The second-order valence-electron chi connectivity index (χ2n) is 5.26. The summed E-state index contributed by atoms with van der Waals surface area (Å²) in [4.78, 5) is 0. The minimum atomic E-state index is -2.83. The van der Waals surface area contributed by atoms with Crippen LogP contribution in [0.5, 0.6) is 0 Å². The lowest BCUT2D eigenvalue weighted by atomic mass is 9.83. The van der Waals surface area contributed by atoms with Crippen molar-refractivity contribution >= 4 is 9.84 Å². The van der Waals surface area contributed by atoms with Gasteiger partial charge in [0.1, 0.15) is 0 Å². The van der Waals surface area contributed by atoms with Gasteiger partial charge in [-0.05, 0) is 19.3 Å². The number of hydrogen-bond acceptors (Lipinski definition) is 4. The molecule has 1 saturated carbocycles. The highest BCUT2D eigenvalue weighted by molar-refractivity contribution is 7.91. The zero-order valence-corrected chi connectivity index (χ0v) is 10.5. The first kappa shape index (κ1) is 12.3. The van der Waals surface area contributed by atoms with Crippen molar-refractivity contribution in [2.75, 3.05) is 18.1 Å². The van der Waals surface area contributed by atoms with Gasteiger partial charge in [0, 0.05) is 5.54 Å². The van der Waals surface area contributed by atoms with Crippen LogP contribution in [0.2, 0.25) is 0 Å². The average molecular weight is 247 g/mol. The van der Waals surface area contributed by atoms with Gasteiger partial charge in [0.15, 0.2) is 9.84 Å². The molecule has 1 unspecified atom stereocenters. The molecule has 0 aromatic rings. The van der Waals surface area contributed by atoms with Crippen LogP contribution in [0.15, 0.2) is 0 Å². The fraction of sp³-hybridized carbons (Fsp3) is 1.00. The molecule has 0 bridgehead atoms. The van der Waals surface area contributed by atoms with Crippen molar-refractivity contribution in [1.82, 2.24) is 0 Å². The summed E-state index contributed by atoms with van der Waals surface area (Å²) in [7, 11) is -2.83. The number of sulfone groups is 1. The molecule has 1 aliphatic carbocycles. The van der Waals surface area contributed by atoms with E-state index in [-0.39, 0.29) is 23.1 Å². The van der Waals surface area contributed by atoms with Crippen molar-refractivity contribution in [2.24, 2.45) is 5.73 Å². The lowest BCUT2D eigenvalue weighted by Gasteiger charge is -2.33. The first-order valence-electron chi connectivity index (χ1n) is 6.10. The molecule has 4 nitrogen and oxygen atoms in total. The second kappa shape index (κ2) is 4.63. The maximum Gasteiger partial charge on any atom is 0.152 e. The summed E-state index contributed by atoms with van der Waals surface area (Å²) in [6, 6.07) is 0. The average Bonchev–Trinajstić information content (AvgIpc) is 2.57. The standard InChI is InChI=1S/C11H21NO3S/c12-11(5-2-1-3-6-11)9-15-10-4-7-16(13,14)8-10/h10H,1-9,12H2. The summed E-state index contributed by atoms with van der Waals surface area (Å²) in [5, 5.41) is 0. The highest BCUT2D eigenvalue weighted by Crippen LogP contribution is 2.27. The number of rotatable bonds is 3. The normalized spacial score (nSPS) is 32.7. The van der Waals surface area contributed by atoms with E-state index in [2.05, 4.69) is 0 Å². The summed E-state index contributed by atoms with van der Waals surface area (Å²) in [6.45, 7) is 0.521. The molecule has 5 heteroatoms. The summed E-state index contributed by atoms with van der Waals surface area (Å²) < 4.78 is 28.2. The summed E-state index contributed by atoms with van der Waals surface area (Å²) in [5.41, 5.74) is 6.03. The minimum absolute atomic E-state index is 0.118. The molecule has 1 heterocycles. The molecule has 1 saturated heterocycles. The van der Waals surface area contributed by atoms with Crippen molar-refractivity contribution in [2.45, 2.75) is 50.2 Å². The van der Waals surface area contributed by atoms with Crippen molar-refractivity contribution < 1.29 is 13.2 Å². The third-order valence-electron chi connectivity index (χ3n) is 3.65. The van der Waals surface area contributed by atoms with Crippen molar-refractivity contribution in [3.63, 3.8) is 0 Å². The smallest absolute Gasteiger partial charge is 0.152 e. The van der Waals surface area contributed by atoms with Crippen LogP contribution >= 0.6 is 0 Å². The molecule has 0 aromatic carbocycles. The lowest BCUT2D eigenvalue weighted by Crippen LogP contribution is -2.47. The molecular weight excluding hydrogens is 226 g/mol. The van der Waals surface area contributed by atoms with Crippen LogP contribution in [0, 0.1) is 0 Å². The fourth-order valence-electron chi connectivity index (χ4n) is 2.58. The van der Waals surface area contributed by atoms with Gasteiger partial charge in [0.05, 0.1) is 24.2 Å². The predicted octanol–water partition coefficient (Wildman–Crippen LogP) is 0.852. The van der Waals surface area contributed by atoms with E-state index in [9.17, 15) is 8.42 Å². The Kier molecular flexibility index (Phi) is 3.56. The molecule has 2 aliphatic rings. The van der Waals surface area contributed by atoms with Crippen LogP contribution in [0.1, 0.15) is 38.5 Å². The van der Waals surface area contributed by atoms with Crippen LogP contribution in [-0.2, 0) is 14.6 Å². The third-order valence-corrected chi connectivity index (χ3v) is 5.38. The minimum Gasteiger partial charge on any atom is -0.375 e. The molecule has 16 heavy (non-hydrogen) atoms. The van der Waals surface area contributed by atoms with Gasteiger partial charge in [-0.15, -0.1) is 0 Å². The van der Waals surface area contributed by atoms with E-state index < -0.39 is 9.84 Å². The molecule has 2 N–H and O–H groups in total. The molecular formula is C11H21NO3S. The van der Waals surface area contributed by atoms with Gasteiger partial charge in [-0.25, -0.2) is 8.42 Å². The molecule has 2 rings (SSSR count). The first-order chi connectivity index (χ1) is 7.49. The van der Waals surface area contributed by atoms with Crippen LogP contribution < -0.4 is 5.73 Å². The van der Waals surface area contributed by atoms with E-state index >= 15 is 0 Å². The second-order valence-corrected chi connectivity index (χ2v) is 7.49. The number of ether oxygens (including phenoxy) is 1. The van der Waals surface area contributed by atoms with Crippen molar-refractivity contribution in [3.05, 3.63) is 0 Å². The Morgan fingerprint density at radius 2 is 1.94 bits per heavy atom. The van der Waals surface area contributed by atoms with Gasteiger partial charge in [0.25, 0.3) is 0 Å². The van der Waals surface area contributed by atoms with Gasteiger partial charge in [-0.1, -0.05) is 19.3 Å². The highest BCUT2D eigenvalue weighted by Gasteiger charge is 2.32.